The number of rotatable bonds is 6. The molecule has 1 aromatic rings. The highest BCUT2D eigenvalue weighted by Crippen LogP contribution is 2.20. The van der Waals surface area contributed by atoms with Gasteiger partial charge in [0.2, 0.25) is 5.91 Å². The fraction of sp³-hybridized carbons (Fsp3) is 0.625. The number of carbonyl (C=O) groups is 2. The lowest BCUT2D eigenvalue weighted by atomic mass is 9.95. The van der Waals surface area contributed by atoms with Crippen molar-refractivity contribution in [3.63, 3.8) is 0 Å². The summed E-state index contributed by atoms with van der Waals surface area (Å²) in [6.07, 6.45) is 6.59. The molecule has 2 amide bonds. The van der Waals surface area contributed by atoms with Gasteiger partial charge in [-0.3, -0.25) is 9.59 Å². The van der Waals surface area contributed by atoms with Crippen molar-refractivity contribution < 1.29 is 9.59 Å². The van der Waals surface area contributed by atoms with Crippen molar-refractivity contribution in [3.8, 4) is 0 Å². The number of H-pyrrole nitrogens is 1. The predicted octanol–water partition coefficient (Wildman–Crippen LogP) is 2.94. The maximum atomic E-state index is 12.3. The monoisotopic (exact) mass is 369 g/mol. The molecule has 5 nitrogen and oxygen atoms in total. The molecule has 2 heterocycles. The van der Waals surface area contributed by atoms with Gasteiger partial charge < -0.3 is 15.2 Å². The van der Waals surface area contributed by atoms with Crippen molar-refractivity contribution >= 4 is 27.7 Å². The number of aromatic amines is 1. The first-order valence-corrected chi connectivity index (χ1v) is 8.82. The normalized spacial score (nSPS) is 15.8. The number of carbonyl (C=O) groups excluding carboxylic acids is 2. The number of hydrogen-bond acceptors (Lipinski definition) is 2. The lowest BCUT2D eigenvalue weighted by Crippen LogP contribution is -2.43. The van der Waals surface area contributed by atoms with Crippen LogP contribution in [-0.4, -0.2) is 41.3 Å². The minimum absolute atomic E-state index is 0.00695. The first kappa shape index (κ1) is 17.1. The second-order valence-electron chi connectivity index (χ2n) is 5.80. The Hall–Kier alpha value is -1.30. The van der Waals surface area contributed by atoms with Crippen molar-refractivity contribution in [2.75, 3.05) is 19.6 Å². The number of nitrogens with one attached hydrogen (secondary N) is 2. The Labute approximate surface area is 140 Å². The third-order valence-electron chi connectivity index (χ3n) is 4.11. The number of hydrogen-bond donors (Lipinski definition) is 2. The van der Waals surface area contributed by atoms with Crippen molar-refractivity contribution in [1.82, 2.24) is 15.2 Å². The average Bonchev–Trinajstić information content (AvgIpc) is 2.97. The Morgan fingerprint density at radius 2 is 2.09 bits per heavy atom. The van der Waals surface area contributed by atoms with Gasteiger partial charge in [-0.15, -0.1) is 0 Å². The van der Waals surface area contributed by atoms with Crippen molar-refractivity contribution in [2.24, 2.45) is 5.92 Å². The molecule has 1 aliphatic heterocycles. The largest absolute Gasteiger partial charge is 0.356 e. The van der Waals surface area contributed by atoms with E-state index in [1.54, 1.807) is 12.3 Å². The molecule has 122 valence electrons. The van der Waals surface area contributed by atoms with Gasteiger partial charge in [-0.2, -0.15) is 0 Å². The molecule has 0 atom stereocenters. The summed E-state index contributed by atoms with van der Waals surface area (Å²) in [6, 6.07) is 1.79. The second kappa shape index (κ2) is 8.36. The molecular weight excluding hydrogens is 346 g/mol. The van der Waals surface area contributed by atoms with E-state index in [4.69, 9.17) is 0 Å². The highest BCUT2D eigenvalue weighted by molar-refractivity contribution is 9.10. The van der Waals surface area contributed by atoms with Gasteiger partial charge in [0.1, 0.15) is 5.69 Å². The van der Waals surface area contributed by atoms with E-state index in [2.05, 4.69) is 33.2 Å². The summed E-state index contributed by atoms with van der Waals surface area (Å²) in [5.41, 5.74) is 0.592. The lowest BCUT2D eigenvalue weighted by Gasteiger charge is -2.31. The molecular formula is C16H24BrN3O2. The zero-order valence-electron chi connectivity index (χ0n) is 13.0. The highest BCUT2D eigenvalue weighted by Gasteiger charge is 2.28. The third-order valence-corrected chi connectivity index (χ3v) is 4.57. The molecule has 1 aromatic heterocycles. The molecule has 1 fully saturated rings. The van der Waals surface area contributed by atoms with Crippen LogP contribution in [0.1, 0.15) is 49.5 Å². The minimum atomic E-state index is 0.00695. The first-order chi connectivity index (χ1) is 10.6. The minimum Gasteiger partial charge on any atom is -0.356 e. The van der Waals surface area contributed by atoms with Gasteiger partial charge in [-0.25, -0.2) is 0 Å². The molecule has 1 saturated heterocycles. The van der Waals surface area contributed by atoms with Gasteiger partial charge in [0.05, 0.1) is 0 Å². The van der Waals surface area contributed by atoms with Crippen LogP contribution >= 0.6 is 15.9 Å². The van der Waals surface area contributed by atoms with Gasteiger partial charge in [-0.1, -0.05) is 19.8 Å². The first-order valence-electron chi connectivity index (χ1n) is 8.02. The predicted molar refractivity (Wildman–Crippen MR) is 89.7 cm³/mol. The molecule has 0 saturated carbocycles. The maximum absolute atomic E-state index is 12.3. The number of aromatic nitrogens is 1. The number of nitrogens with zero attached hydrogens (tertiary/aromatic N) is 1. The van der Waals surface area contributed by atoms with E-state index in [1.807, 2.05) is 4.90 Å². The van der Waals surface area contributed by atoms with Gasteiger partial charge in [0.25, 0.3) is 5.91 Å². The maximum Gasteiger partial charge on any atom is 0.270 e. The molecule has 0 radical (unpaired) electrons. The molecule has 6 heteroatoms. The summed E-state index contributed by atoms with van der Waals surface area (Å²) in [7, 11) is 0. The van der Waals surface area contributed by atoms with Crippen LogP contribution in [0.2, 0.25) is 0 Å². The van der Waals surface area contributed by atoms with E-state index in [0.29, 0.717) is 18.8 Å². The Kier molecular flexibility index (Phi) is 6.49. The van der Waals surface area contributed by atoms with Crippen LogP contribution in [0.4, 0.5) is 0 Å². The van der Waals surface area contributed by atoms with E-state index in [9.17, 15) is 9.59 Å². The van der Waals surface area contributed by atoms with E-state index < -0.39 is 0 Å². The molecule has 0 bridgehead atoms. The fourth-order valence-corrected chi connectivity index (χ4v) is 3.08. The average molecular weight is 370 g/mol. The molecule has 0 spiro atoms. The van der Waals surface area contributed by atoms with Crippen LogP contribution in [0, 0.1) is 5.92 Å². The smallest absolute Gasteiger partial charge is 0.270 e. The molecule has 2 N–H and O–H groups in total. The van der Waals surface area contributed by atoms with Crippen molar-refractivity contribution in [2.45, 2.75) is 39.0 Å². The van der Waals surface area contributed by atoms with Gasteiger partial charge in [-0.05, 0) is 41.3 Å². The highest BCUT2D eigenvalue weighted by atomic mass is 79.9. The Balaban J connectivity index is 1.75. The van der Waals surface area contributed by atoms with Gasteiger partial charge >= 0.3 is 0 Å². The molecule has 2 rings (SSSR count). The Morgan fingerprint density at radius 1 is 1.36 bits per heavy atom. The van der Waals surface area contributed by atoms with E-state index >= 15 is 0 Å². The summed E-state index contributed by atoms with van der Waals surface area (Å²) < 4.78 is 0.872. The molecule has 0 aromatic carbocycles. The van der Waals surface area contributed by atoms with E-state index in [0.717, 1.165) is 43.1 Å². The quantitative estimate of drug-likeness (QED) is 0.757. The molecule has 0 aliphatic carbocycles. The van der Waals surface area contributed by atoms with Gasteiger partial charge in [0, 0.05) is 36.2 Å². The van der Waals surface area contributed by atoms with Crippen LogP contribution in [0.25, 0.3) is 0 Å². The molecule has 0 unspecified atom stereocenters. The number of halogens is 1. The lowest BCUT2D eigenvalue weighted by molar-refractivity contribution is -0.126. The Bertz CT molecular complexity index is 507. The number of amides is 2. The van der Waals surface area contributed by atoms with E-state index in [1.165, 1.54) is 0 Å². The standard InChI is InChI=1S/C16H24BrN3O2/c1-2-3-4-7-18-15(21)12-5-8-20(9-6-12)16(22)14-10-13(17)11-19-14/h10-12,19H,2-9H2,1H3,(H,18,21). The topological polar surface area (TPSA) is 65.2 Å². The van der Waals surface area contributed by atoms with Gasteiger partial charge in [0.15, 0.2) is 0 Å². The van der Waals surface area contributed by atoms with Crippen LogP contribution in [0.15, 0.2) is 16.7 Å². The number of likely N-dealkylation sites (tertiary alicyclic amines) is 1. The summed E-state index contributed by atoms with van der Waals surface area (Å²) in [5.74, 6) is 0.194. The summed E-state index contributed by atoms with van der Waals surface area (Å²) in [5, 5.41) is 3.01. The molecule has 1 aliphatic rings. The second-order valence-corrected chi connectivity index (χ2v) is 6.71. The third kappa shape index (κ3) is 4.60. The zero-order valence-corrected chi connectivity index (χ0v) is 14.6. The Morgan fingerprint density at radius 3 is 2.68 bits per heavy atom. The summed E-state index contributed by atoms with van der Waals surface area (Å²) >= 11 is 3.33. The van der Waals surface area contributed by atoms with Crippen molar-refractivity contribution in [1.29, 1.82) is 0 Å². The van der Waals surface area contributed by atoms with Crippen LogP contribution in [-0.2, 0) is 4.79 Å². The van der Waals surface area contributed by atoms with Crippen LogP contribution in [0.3, 0.4) is 0 Å². The molecule has 22 heavy (non-hydrogen) atoms. The summed E-state index contributed by atoms with van der Waals surface area (Å²) in [6.45, 7) is 4.20. The fourth-order valence-electron chi connectivity index (χ4n) is 2.74. The van der Waals surface area contributed by atoms with E-state index in [-0.39, 0.29) is 17.7 Å². The SMILES string of the molecule is CCCCCNC(=O)C1CCN(C(=O)c2cc(Br)c[nH]2)CC1. The number of unbranched alkanes of at least 4 members (excludes halogenated alkanes) is 2. The van der Waals surface area contributed by atoms with Crippen molar-refractivity contribution in [3.05, 3.63) is 22.4 Å². The zero-order chi connectivity index (χ0) is 15.9. The van der Waals surface area contributed by atoms with Crippen LogP contribution < -0.4 is 5.32 Å². The number of piperidine rings is 1. The summed E-state index contributed by atoms with van der Waals surface area (Å²) in [4.78, 5) is 29.2. The van der Waals surface area contributed by atoms with Crippen LogP contribution in [0.5, 0.6) is 0 Å².